The summed E-state index contributed by atoms with van der Waals surface area (Å²) >= 11 is 5.89. The summed E-state index contributed by atoms with van der Waals surface area (Å²) in [6.45, 7) is 9.42. The van der Waals surface area contributed by atoms with E-state index in [1.54, 1.807) is 0 Å². The highest BCUT2D eigenvalue weighted by Gasteiger charge is 2.32. The van der Waals surface area contributed by atoms with Crippen LogP contribution in [-0.4, -0.2) is 61.5 Å². The average molecular weight is 336 g/mol. The Kier molecular flexibility index (Phi) is 5.24. The molecular formula is C18H26ClN3O. The van der Waals surface area contributed by atoms with Gasteiger partial charge in [0.15, 0.2) is 0 Å². The van der Waals surface area contributed by atoms with E-state index in [1.807, 2.05) is 29.2 Å². The lowest BCUT2D eigenvalue weighted by molar-refractivity contribution is -0.132. The maximum Gasteiger partial charge on any atom is 0.227 e. The Hall–Kier alpha value is -1.10. The van der Waals surface area contributed by atoms with Crippen LogP contribution in [0.15, 0.2) is 24.3 Å². The summed E-state index contributed by atoms with van der Waals surface area (Å²) in [6.07, 6.45) is 1.72. The van der Waals surface area contributed by atoms with Gasteiger partial charge in [0.2, 0.25) is 5.91 Å². The van der Waals surface area contributed by atoms with E-state index in [1.165, 1.54) is 6.42 Å². The lowest BCUT2D eigenvalue weighted by Crippen LogP contribution is -2.51. The van der Waals surface area contributed by atoms with Crippen LogP contribution >= 0.6 is 11.6 Å². The molecule has 0 aromatic heterocycles. The third-order valence-electron chi connectivity index (χ3n) is 5.06. The third-order valence-corrected chi connectivity index (χ3v) is 5.31. The van der Waals surface area contributed by atoms with Crippen LogP contribution in [0.3, 0.4) is 0 Å². The van der Waals surface area contributed by atoms with Crippen LogP contribution in [0.4, 0.5) is 0 Å². The lowest BCUT2D eigenvalue weighted by Gasteiger charge is -2.38. The van der Waals surface area contributed by atoms with Crippen molar-refractivity contribution < 1.29 is 4.79 Å². The first-order valence-electron chi connectivity index (χ1n) is 8.49. The minimum Gasteiger partial charge on any atom is -0.340 e. The van der Waals surface area contributed by atoms with Crippen LogP contribution in [-0.2, 0) is 11.2 Å². The van der Waals surface area contributed by atoms with Gasteiger partial charge in [-0.1, -0.05) is 30.7 Å². The van der Waals surface area contributed by atoms with E-state index in [0.29, 0.717) is 16.9 Å². The van der Waals surface area contributed by atoms with Crippen LogP contribution in [0.25, 0.3) is 0 Å². The van der Waals surface area contributed by atoms with Gasteiger partial charge >= 0.3 is 0 Å². The number of piperazine rings is 1. The molecule has 2 heterocycles. The molecule has 1 N–H and O–H groups in total. The zero-order valence-electron chi connectivity index (χ0n) is 13.9. The Morgan fingerprint density at radius 2 is 1.91 bits per heavy atom. The number of amides is 1. The van der Waals surface area contributed by atoms with E-state index in [0.717, 1.165) is 51.4 Å². The summed E-state index contributed by atoms with van der Waals surface area (Å²) in [5, 5.41) is 4.17. The summed E-state index contributed by atoms with van der Waals surface area (Å²) < 4.78 is 0. The molecular weight excluding hydrogens is 310 g/mol. The third kappa shape index (κ3) is 4.46. The highest BCUT2D eigenvalue weighted by molar-refractivity contribution is 6.30. The van der Waals surface area contributed by atoms with E-state index >= 15 is 0 Å². The first-order chi connectivity index (χ1) is 11.0. The number of carbonyl (C=O) groups excluding carboxylic acids is 1. The standard InChI is InChI=1S/C18H26ClN3O/c1-18(6-7-20-13-18)14-21-8-10-22(11-9-21)17(23)12-15-2-4-16(19)5-3-15/h2-5,20H,6-14H2,1H3. The lowest BCUT2D eigenvalue weighted by atomic mass is 9.89. The SMILES string of the molecule is CC1(CN2CCN(C(=O)Cc3ccc(Cl)cc3)CC2)CCNC1. The van der Waals surface area contributed by atoms with E-state index in [-0.39, 0.29) is 5.91 Å². The number of nitrogens with one attached hydrogen (secondary N) is 1. The van der Waals surface area contributed by atoms with E-state index in [4.69, 9.17) is 11.6 Å². The van der Waals surface area contributed by atoms with Crippen molar-refractivity contribution in [2.45, 2.75) is 19.8 Å². The Bertz CT molecular complexity index is 532. The number of hydrogen-bond donors (Lipinski definition) is 1. The largest absolute Gasteiger partial charge is 0.340 e. The molecule has 0 bridgehead atoms. The molecule has 4 nitrogen and oxygen atoms in total. The predicted molar refractivity (Wildman–Crippen MR) is 93.8 cm³/mol. The van der Waals surface area contributed by atoms with Gasteiger partial charge in [-0.2, -0.15) is 0 Å². The molecule has 1 aromatic rings. The molecule has 0 aliphatic carbocycles. The van der Waals surface area contributed by atoms with Gasteiger partial charge in [-0.05, 0) is 36.1 Å². The summed E-state index contributed by atoms with van der Waals surface area (Å²) in [5.41, 5.74) is 1.43. The molecule has 1 amide bonds. The minimum atomic E-state index is 0.223. The highest BCUT2D eigenvalue weighted by Crippen LogP contribution is 2.26. The number of benzene rings is 1. The molecule has 3 rings (SSSR count). The summed E-state index contributed by atoms with van der Waals surface area (Å²) in [7, 11) is 0. The second-order valence-electron chi connectivity index (χ2n) is 7.20. The van der Waals surface area contributed by atoms with Gasteiger partial charge in [0.25, 0.3) is 0 Å². The number of nitrogens with zero attached hydrogens (tertiary/aromatic N) is 2. The zero-order chi connectivity index (χ0) is 16.3. The molecule has 1 aromatic carbocycles. The molecule has 126 valence electrons. The summed E-state index contributed by atoms with van der Waals surface area (Å²) in [5.74, 6) is 0.223. The smallest absolute Gasteiger partial charge is 0.227 e. The molecule has 2 aliphatic rings. The Morgan fingerprint density at radius 3 is 2.52 bits per heavy atom. The van der Waals surface area contributed by atoms with Crippen LogP contribution in [0.1, 0.15) is 18.9 Å². The summed E-state index contributed by atoms with van der Waals surface area (Å²) in [6, 6.07) is 7.56. The normalized spacial score (nSPS) is 25.7. The maximum atomic E-state index is 12.4. The molecule has 0 radical (unpaired) electrons. The Balaban J connectivity index is 1.46. The molecule has 0 spiro atoms. The molecule has 2 fully saturated rings. The van der Waals surface area contributed by atoms with Crippen LogP contribution in [0.2, 0.25) is 5.02 Å². The van der Waals surface area contributed by atoms with Gasteiger partial charge in [-0.3, -0.25) is 9.69 Å². The molecule has 1 atom stereocenters. The molecule has 23 heavy (non-hydrogen) atoms. The Labute approximate surface area is 143 Å². The summed E-state index contributed by atoms with van der Waals surface area (Å²) in [4.78, 5) is 16.9. The fourth-order valence-corrected chi connectivity index (χ4v) is 3.71. The van der Waals surface area contributed by atoms with E-state index < -0.39 is 0 Å². The first-order valence-corrected chi connectivity index (χ1v) is 8.87. The van der Waals surface area contributed by atoms with E-state index in [9.17, 15) is 4.79 Å². The monoisotopic (exact) mass is 335 g/mol. The molecule has 5 heteroatoms. The average Bonchev–Trinajstić information content (AvgIpc) is 2.96. The maximum absolute atomic E-state index is 12.4. The molecule has 2 aliphatic heterocycles. The van der Waals surface area contributed by atoms with Crippen LogP contribution in [0.5, 0.6) is 0 Å². The fraction of sp³-hybridized carbons (Fsp3) is 0.611. The fourth-order valence-electron chi connectivity index (χ4n) is 3.59. The van der Waals surface area contributed by atoms with Crippen molar-refractivity contribution in [2.75, 3.05) is 45.8 Å². The van der Waals surface area contributed by atoms with Gasteiger partial charge < -0.3 is 10.2 Å². The van der Waals surface area contributed by atoms with E-state index in [2.05, 4.69) is 17.1 Å². The van der Waals surface area contributed by atoms with Gasteiger partial charge in [0.1, 0.15) is 0 Å². The molecule has 0 saturated carbocycles. The van der Waals surface area contributed by atoms with Crippen molar-refractivity contribution in [3.05, 3.63) is 34.9 Å². The van der Waals surface area contributed by atoms with Gasteiger partial charge in [-0.25, -0.2) is 0 Å². The van der Waals surface area contributed by atoms with Crippen LogP contribution < -0.4 is 5.32 Å². The number of hydrogen-bond acceptors (Lipinski definition) is 3. The first kappa shape index (κ1) is 16.7. The molecule has 2 saturated heterocycles. The van der Waals surface area contributed by atoms with Gasteiger partial charge in [0.05, 0.1) is 6.42 Å². The van der Waals surface area contributed by atoms with Crippen LogP contribution in [0, 0.1) is 5.41 Å². The van der Waals surface area contributed by atoms with Gasteiger partial charge in [-0.15, -0.1) is 0 Å². The number of rotatable bonds is 4. The Morgan fingerprint density at radius 1 is 1.22 bits per heavy atom. The van der Waals surface area contributed by atoms with Crippen molar-refractivity contribution >= 4 is 17.5 Å². The van der Waals surface area contributed by atoms with Crippen molar-refractivity contribution in [3.63, 3.8) is 0 Å². The van der Waals surface area contributed by atoms with Crippen molar-refractivity contribution in [3.8, 4) is 0 Å². The predicted octanol–water partition coefficient (Wildman–Crippen LogP) is 2.03. The van der Waals surface area contributed by atoms with Crippen molar-refractivity contribution in [2.24, 2.45) is 5.41 Å². The quantitative estimate of drug-likeness (QED) is 0.914. The highest BCUT2D eigenvalue weighted by atomic mass is 35.5. The molecule has 1 unspecified atom stereocenters. The van der Waals surface area contributed by atoms with Crippen molar-refractivity contribution in [1.82, 2.24) is 15.1 Å². The van der Waals surface area contributed by atoms with Crippen molar-refractivity contribution in [1.29, 1.82) is 0 Å². The second kappa shape index (κ2) is 7.20. The van der Waals surface area contributed by atoms with Gasteiger partial charge in [0, 0.05) is 44.3 Å². The zero-order valence-corrected chi connectivity index (χ0v) is 14.6. The second-order valence-corrected chi connectivity index (χ2v) is 7.63. The topological polar surface area (TPSA) is 35.6 Å². The number of carbonyl (C=O) groups is 1. The minimum absolute atomic E-state index is 0.223. The number of halogens is 1.